The van der Waals surface area contributed by atoms with E-state index >= 15 is 0 Å². The van der Waals surface area contributed by atoms with Gasteiger partial charge in [-0.2, -0.15) is 5.90 Å². The number of sulfonamides is 1. The Bertz CT molecular complexity index is 371. The Balaban J connectivity index is 3.06. The number of hydrogen-bond donors (Lipinski definition) is 2. The molecule has 0 bridgehead atoms. The van der Waals surface area contributed by atoms with Crippen molar-refractivity contribution in [2.75, 3.05) is 7.05 Å². The lowest BCUT2D eigenvalue weighted by Crippen LogP contribution is -2.18. The van der Waals surface area contributed by atoms with Gasteiger partial charge >= 0.3 is 0 Å². The second-order valence-electron chi connectivity index (χ2n) is 2.30. The molecule has 1 rings (SSSR count). The summed E-state index contributed by atoms with van der Waals surface area (Å²) < 4.78 is 24.6. The molecule has 0 radical (unpaired) electrons. The summed E-state index contributed by atoms with van der Waals surface area (Å²) in [4.78, 5) is 4.58. The number of nitrogens with one attached hydrogen (secondary N) is 1. The van der Waals surface area contributed by atoms with Crippen LogP contribution < -0.4 is 15.5 Å². The maximum atomic E-state index is 11.2. The van der Waals surface area contributed by atoms with Gasteiger partial charge in [0, 0.05) is 0 Å². The van der Waals surface area contributed by atoms with E-state index in [4.69, 9.17) is 5.90 Å². The Morgan fingerprint density at radius 2 is 1.85 bits per heavy atom. The summed E-state index contributed by atoms with van der Waals surface area (Å²) in [6.07, 6.45) is 0. The van der Waals surface area contributed by atoms with Crippen LogP contribution in [0.25, 0.3) is 0 Å². The van der Waals surface area contributed by atoms with Gasteiger partial charge in [-0.25, -0.2) is 13.1 Å². The molecule has 0 aliphatic heterocycles. The molecule has 72 valence electrons. The van der Waals surface area contributed by atoms with Gasteiger partial charge in [-0.05, 0) is 31.3 Å². The largest absolute Gasteiger partial charge is 0.412 e. The van der Waals surface area contributed by atoms with E-state index in [1.165, 1.54) is 31.3 Å². The topological polar surface area (TPSA) is 81.4 Å². The Hall–Kier alpha value is -1.11. The van der Waals surface area contributed by atoms with Crippen molar-refractivity contribution in [1.82, 2.24) is 4.72 Å². The monoisotopic (exact) mass is 202 g/mol. The normalized spacial score (nSPS) is 11.2. The van der Waals surface area contributed by atoms with Crippen molar-refractivity contribution in [3.63, 3.8) is 0 Å². The van der Waals surface area contributed by atoms with E-state index in [0.717, 1.165) is 0 Å². The van der Waals surface area contributed by atoms with E-state index in [1.807, 2.05) is 0 Å². The van der Waals surface area contributed by atoms with Gasteiger partial charge in [0.2, 0.25) is 10.0 Å². The number of nitrogens with two attached hydrogens (primary N) is 1. The second kappa shape index (κ2) is 3.73. The highest BCUT2D eigenvalue weighted by molar-refractivity contribution is 7.89. The zero-order chi connectivity index (χ0) is 9.90. The number of rotatable bonds is 3. The predicted molar refractivity (Wildman–Crippen MR) is 47.5 cm³/mol. The van der Waals surface area contributed by atoms with E-state index in [0.29, 0.717) is 5.75 Å². The summed E-state index contributed by atoms with van der Waals surface area (Å²) >= 11 is 0. The molecular weight excluding hydrogens is 192 g/mol. The molecule has 0 spiro atoms. The lowest BCUT2D eigenvalue weighted by atomic mass is 10.3. The van der Waals surface area contributed by atoms with Crippen LogP contribution in [0.15, 0.2) is 29.2 Å². The lowest BCUT2D eigenvalue weighted by molar-refractivity contribution is 0.334. The van der Waals surface area contributed by atoms with Crippen LogP contribution in [0.3, 0.4) is 0 Å². The fraction of sp³-hybridized carbons (Fsp3) is 0.143. The van der Waals surface area contributed by atoms with Crippen LogP contribution >= 0.6 is 0 Å². The SMILES string of the molecule is CNS(=O)(=O)c1ccc(ON)cc1. The molecule has 0 saturated carbocycles. The predicted octanol–water partition coefficient (Wildman–Crippen LogP) is -0.153. The van der Waals surface area contributed by atoms with Crippen LogP contribution in [0.4, 0.5) is 0 Å². The number of benzene rings is 1. The summed E-state index contributed by atoms with van der Waals surface area (Å²) in [5.74, 6) is 5.29. The molecule has 0 aromatic heterocycles. The first kappa shape index (κ1) is 9.97. The molecule has 0 unspecified atom stereocenters. The molecule has 0 fully saturated rings. The molecule has 5 nitrogen and oxygen atoms in total. The zero-order valence-electron chi connectivity index (χ0n) is 7.02. The molecule has 1 aromatic carbocycles. The average Bonchev–Trinajstić information content (AvgIpc) is 2.18. The zero-order valence-corrected chi connectivity index (χ0v) is 7.84. The molecule has 0 atom stereocenters. The van der Waals surface area contributed by atoms with Crippen molar-refractivity contribution in [3.8, 4) is 5.75 Å². The third kappa shape index (κ3) is 2.18. The first-order valence-electron chi connectivity index (χ1n) is 3.50. The highest BCUT2D eigenvalue weighted by Gasteiger charge is 2.10. The summed E-state index contributed by atoms with van der Waals surface area (Å²) in [6.45, 7) is 0. The van der Waals surface area contributed by atoms with Crippen molar-refractivity contribution in [2.24, 2.45) is 5.90 Å². The fourth-order valence-electron chi connectivity index (χ4n) is 0.815. The Labute approximate surface area is 76.5 Å². The Kier molecular flexibility index (Phi) is 2.86. The van der Waals surface area contributed by atoms with Crippen molar-refractivity contribution in [1.29, 1.82) is 0 Å². The summed E-state index contributed by atoms with van der Waals surface area (Å²) in [6, 6.07) is 5.77. The van der Waals surface area contributed by atoms with Crippen LogP contribution in [0.2, 0.25) is 0 Å². The van der Waals surface area contributed by atoms with Crippen molar-refractivity contribution < 1.29 is 13.3 Å². The van der Waals surface area contributed by atoms with E-state index in [-0.39, 0.29) is 4.90 Å². The van der Waals surface area contributed by atoms with Crippen LogP contribution in [0.1, 0.15) is 0 Å². The van der Waals surface area contributed by atoms with E-state index in [1.54, 1.807) is 0 Å². The smallest absolute Gasteiger partial charge is 0.240 e. The van der Waals surface area contributed by atoms with Gasteiger partial charge in [0.25, 0.3) is 0 Å². The molecule has 0 aliphatic rings. The summed E-state index contributed by atoms with van der Waals surface area (Å²) in [5.41, 5.74) is 0. The average molecular weight is 202 g/mol. The molecular formula is C7H10N2O3S. The molecule has 0 heterocycles. The quantitative estimate of drug-likeness (QED) is 0.668. The molecule has 1 aromatic rings. The summed E-state index contributed by atoms with van der Waals surface area (Å²) in [5, 5.41) is 0. The standard InChI is InChI=1S/C7H10N2O3S/c1-9-13(10,11)7-4-2-6(12-8)3-5-7/h2-5,9H,8H2,1H3. The Morgan fingerprint density at radius 1 is 1.31 bits per heavy atom. The number of hydrogen-bond acceptors (Lipinski definition) is 4. The fourth-order valence-corrected chi connectivity index (χ4v) is 1.55. The van der Waals surface area contributed by atoms with Crippen molar-refractivity contribution >= 4 is 10.0 Å². The van der Waals surface area contributed by atoms with Gasteiger partial charge < -0.3 is 4.84 Å². The van der Waals surface area contributed by atoms with E-state index in [9.17, 15) is 8.42 Å². The maximum absolute atomic E-state index is 11.2. The van der Waals surface area contributed by atoms with Gasteiger partial charge in [0.05, 0.1) is 4.90 Å². The van der Waals surface area contributed by atoms with Gasteiger partial charge in [-0.3, -0.25) is 0 Å². The maximum Gasteiger partial charge on any atom is 0.240 e. The molecule has 3 N–H and O–H groups in total. The second-order valence-corrected chi connectivity index (χ2v) is 4.18. The Morgan fingerprint density at radius 3 is 2.23 bits per heavy atom. The highest BCUT2D eigenvalue weighted by atomic mass is 32.2. The first-order valence-corrected chi connectivity index (χ1v) is 4.99. The van der Waals surface area contributed by atoms with Crippen LogP contribution in [0.5, 0.6) is 5.75 Å². The minimum absolute atomic E-state index is 0.177. The molecule has 0 saturated heterocycles. The third-order valence-electron chi connectivity index (χ3n) is 1.54. The summed E-state index contributed by atoms with van der Waals surface area (Å²) in [7, 11) is -2.02. The minimum atomic E-state index is -3.37. The third-order valence-corrected chi connectivity index (χ3v) is 2.97. The molecule has 0 aliphatic carbocycles. The molecule has 6 heteroatoms. The van der Waals surface area contributed by atoms with Crippen LogP contribution in [-0.2, 0) is 10.0 Å². The van der Waals surface area contributed by atoms with Crippen molar-refractivity contribution in [3.05, 3.63) is 24.3 Å². The van der Waals surface area contributed by atoms with Gasteiger partial charge in [0.1, 0.15) is 5.75 Å². The van der Waals surface area contributed by atoms with Crippen molar-refractivity contribution in [2.45, 2.75) is 4.90 Å². The van der Waals surface area contributed by atoms with Crippen LogP contribution in [0, 0.1) is 0 Å². The first-order chi connectivity index (χ1) is 6.10. The molecule has 13 heavy (non-hydrogen) atoms. The molecule has 0 amide bonds. The lowest BCUT2D eigenvalue weighted by Gasteiger charge is -2.02. The van der Waals surface area contributed by atoms with Gasteiger partial charge in [-0.15, -0.1) is 0 Å². The van der Waals surface area contributed by atoms with Crippen LogP contribution in [-0.4, -0.2) is 15.5 Å². The van der Waals surface area contributed by atoms with Gasteiger partial charge in [0.15, 0.2) is 0 Å². The highest BCUT2D eigenvalue weighted by Crippen LogP contribution is 2.14. The minimum Gasteiger partial charge on any atom is -0.412 e. The van der Waals surface area contributed by atoms with E-state index in [2.05, 4.69) is 9.56 Å². The van der Waals surface area contributed by atoms with Gasteiger partial charge in [-0.1, -0.05) is 0 Å². The van der Waals surface area contributed by atoms with E-state index < -0.39 is 10.0 Å².